The Morgan fingerprint density at radius 3 is 1.97 bits per heavy atom. The van der Waals surface area contributed by atoms with Gasteiger partial charge in [0, 0.05) is 0 Å². The molecule has 1 unspecified atom stereocenters. The average molecular weight is 457 g/mol. The summed E-state index contributed by atoms with van der Waals surface area (Å²) in [4.78, 5) is 35.9. The molecule has 0 spiro atoms. The van der Waals surface area contributed by atoms with Gasteiger partial charge >= 0.3 is 23.2 Å². The van der Waals surface area contributed by atoms with Crippen LogP contribution in [0.5, 0.6) is 5.75 Å². The molecule has 9 nitrogen and oxygen atoms in total. The predicted molar refractivity (Wildman–Crippen MR) is 98.7 cm³/mol. The summed E-state index contributed by atoms with van der Waals surface area (Å²) < 4.78 is 72.7. The molecule has 1 atom stereocenters. The fourth-order valence-electron chi connectivity index (χ4n) is 2.24. The van der Waals surface area contributed by atoms with Gasteiger partial charge in [-0.15, -0.1) is 0 Å². The molecule has 2 rings (SSSR count). The number of ether oxygens (including phenoxy) is 3. The molecule has 0 N–H and O–H groups in total. The van der Waals surface area contributed by atoms with Crippen LogP contribution in [0.15, 0.2) is 48.5 Å². The molecule has 0 aliphatic heterocycles. The molecular formula is C19H15F2O9S-. The fraction of sp³-hybridized carbons (Fsp3) is 0.211. The molecule has 0 saturated heterocycles. The van der Waals surface area contributed by atoms with Gasteiger partial charge in [-0.1, -0.05) is 12.1 Å². The zero-order valence-corrected chi connectivity index (χ0v) is 16.9. The number of esters is 3. The standard InChI is InChI=1S/C19H16F2O9S/c1-11(19(20,21)31(25,26)27)29-16(22)12-7-9-13(10-8-12)17(23)30-15-6-4-3-5-14(15)18(24)28-2/h3-11H,1-2H3,(H,25,26,27)/p-1. The number of methoxy groups -OCH3 is 1. The Balaban J connectivity index is 2.13. The highest BCUT2D eigenvalue weighted by atomic mass is 32.2. The number of carbonyl (C=O) groups is 3. The highest BCUT2D eigenvalue weighted by Crippen LogP contribution is 2.27. The van der Waals surface area contributed by atoms with E-state index in [-0.39, 0.29) is 22.4 Å². The Hall–Kier alpha value is -3.38. The van der Waals surface area contributed by atoms with Crippen LogP contribution >= 0.6 is 0 Å². The second-order valence-electron chi connectivity index (χ2n) is 6.02. The van der Waals surface area contributed by atoms with E-state index in [0.29, 0.717) is 6.92 Å². The Bertz CT molecular complexity index is 1100. The Kier molecular flexibility index (Phi) is 7.08. The van der Waals surface area contributed by atoms with Crippen molar-refractivity contribution in [3.05, 3.63) is 65.2 Å². The van der Waals surface area contributed by atoms with Gasteiger partial charge in [-0.05, 0) is 43.3 Å². The monoisotopic (exact) mass is 457 g/mol. The number of carbonyl (C=O) groups excluding carboxylic acids is 3. The number of hydrogen-bond acceptors (Lipinski definition) is 9. The molecule has 12 heteroatoms. The minimum Gasteiger partial charge on any atom is -0.743 e. The molecule has 0 heterocycles. The van der Waals surface area contributed by atoms with Crippen LogP contribution in [0.3, 0.4) is 0 Å². The van der Waals surface area contributed by atoms with Gasteiger partial charge in [0.05, 0.1) is 18.2 Å². The van der Waals surface area contributed by atoms with Crippen LogP contribution < -0.4 is 4.74 Å². The van der Waals surface area contributed by atoms with Gasteiger partial charge in [-0.25, -0.2) is 22.8 Å². The highest BCUT2D eigenvalue weighted by Gasteiger charge is 2.46. The normalized spacial score (nSPS) is 12.5. The van der Waals surface area contributed by atoms with Gasteiger partial charge in [-0.2, -0.15) is 8.78 Å². The van der Waals surface area contributed by atoms with Crippen molar-refractivity contribution in [3.8, 4) is 5.75 Å². The van der Waals surface area contributed by atoms with E-state index in [2.05, 4.69) is 9.47 Å². The van der Waals surface area contributed by atoms with E-state index < -0.39 is 39.4 Å². The van der Waals surface area contributed by atoms with Crippen molar-refractivity contribution < 1.29 is 50.3 Å². The summed E-state index contributed by atoms with van der Waals surface area (Å²) in [5.41, 5.74) is -0.351. The first-order valence-corrected chi connectivity index (χ1v) is 9.83. The maximum absolute atomic E-state index is 13.4. The van der Waals surface area contributed by atoms with Crippen LogP contribution in [0, 0.1) is 0 Å². The summed E-state index contributed by atoms with van der Waals surface area (Å²) >= 11 is 0. The topological polar surface area (TPSA) is 136 Å². The number of halogens is 2. The van der Waals surface area contributed by atoms with E-state index in [0.717, 1.165) is 31.4 Å². The van der Waals surface area contributed by atoms with Crippen LogP contribution in [-0.4, -0.2) is 49.3 Å². The van der Waals surface area contributed by atoms with Crippen LogP contribution in [-0.2, 0) is 19.6 Å². The van der Waals surface area contributed by atoms with E-state index in [1.54, 1.807) is 0 Å². The summed E-state index contributed by atoms with van der Waals surface area (Å²) in [6.07, 6.45) is -2.54. The lowest BCUT2D eigenvalue weighted by Gasteiger charge is -2.25. The lowest BCUT2D eigenvalue weighted by atomic mass is 10.1. The minimum absolute atomic E-state index is 0.00166. The largest absolute Gasteiger partial charge is 0.743 e. The summed E-state index contributed by atoms with van der Waals surface area (Å²) in [6.45, 7) is 0.553. The number of alkyl halides is 2. The molecule has 0 amide bonds. The van der Waals surface area contributed by atoms with Crippen molar-refractivity contribution >= 4 is 28.0 Å². The number of hydrogen-bond donors (Lipinski definition) is 0. The number of benzene rings is 2. The van der Waals surface area contributed by atoms with E-state index in [4.69, 9.17) is 4.74 Å². The molecule has 0 fully saturated rings. The third kappa shape index (κ3) is 5.41. The van der Waals surface area contributed by atoms with Gasteiger partial charge < -0.3 is 18.8 Å². The maximum atomic E-state index is 13.4. The molecule has 0 saturated carbocycles. The lowest BCUT2D eigenvalue weighted by Crippen LogP contribution is -2.42. The van der Waals surface area contributed by atoms with Gasteiger partial charge in [0.15, 0.2) is 16.2 Å². The Labute approximate surface area is 175 Å². The Morgan fingerprint density at radius 2 is 1.45 bits per heavy atom. The minimum atomic E-state index is -6.04. The highest BCUT2D eigenvalue weighted by molar-refractivity contribution is 7.86. The van der Waals surface area contributed by atoms with Crippen molar-refractivity contribution in [2.75, 3.05) is 7.11 Å². The third-order valence-electron chi connectivity index (χ3n) is 3.94. The summed E-state index contributed by atoms with van der Waals surface area (Å²) in [5, 5.41) is -4.82. The van der Waals surface area contributed by atoms with E-state index in [9.17, 15) is 36.1 Å². The summed E-state index contributed by atoms with van der Waals surface area (Å²) in [7, 11) is -4.89. The molecule has 0 aromatic heterocycles. The average Bonchev–Trinajstić information content (AvgIpc) is 2.72. The summed E-state index contributed by atoms with van der Waals surface area (Å²) in [5.74, 6) is -3.04. The first-order valence-electron chi connectivity index (χ1n) is 8.42. The van der Waals surface area contributed by atoms with E-state index >= 15 is 0 Å². The zero-order chi connectivity index (χ0) is 23.4. The zero-order valence-electron chi connectivity index (χ0n) is 16.0. The molecule has 31 heavy (non-hydrogen) atoms. The third-order valence-corrected chi connectivity index (χ3v) is 4.94. The van der Waals surface area contributed by atoms with Crippen LogP contribution in [0.25, 0.3) is 0 Å². The smallest absolute Gasteiger partial charge is 0.370 e. The van der Waals surface area contributed by atoms with Crippen molar-refractivity contribution in [2.45, 2.75) is 18.3 Å². The van der Waals surface area contributed by atoms with E-state index in [1.807, 2.05) is 0 Å². The van der Waals surface area contributed by atoms with Gasteiger partial charge in [0.1, 0.15) is 11.3 Å². The second-order valence-corrected chi connectivity index (χ2v) is 7.47. The second kappa shape index (κ2) is 9.18. The Morgan fingerprint density at radius 1 is 0.935 bits per heavy atom. The lowest BCUT2D eigenvalue weighted by molar-refractivity contribution is -0.0554. The van der Waals surface area contributed by atoms with Crippen molar-refractivity contribution in [1.82, 2.24) is 0 Å². The molecule has 0 bridgehead atoms. The van der Waals surface area contributed by atoms with Gasteiger partial charge in [-0.3, -0.25) is 0 Å². The molecule has 0 radical (unpaired) electrons. The maximum Gasteiger partial charge on any atom is 0.370 e. The van der Waals surface area contributed by atoms with E-state index in [1.165, 1.54) is 24.3 Å². The number of rotatable bonds is 7. The molecule has 166 valence electrons. The van der Waals surface area contributed by atoms with Crippen LogP contribution in [0.2, 0.25) is 0 Å². The quantitative estimate of drug-likeness (QED) is 0.349. The predicted octanol–water partition coefficient (Wildman–Crippen LogP) is 2.38. The summed E-state index contributed by atoms with van der Waals surface area (Å²) in [6, 6.07) is 10.1. The van der Waals surface area contributed by atoms with Crippen molar-refractivity contribution in [2.24, 2.45) is 0 Å². The molecule has 2 aromatic rings. The first-order chi connectivity index (χ1) is 14.4. The van der Waals surface area contributed by atoms with Crippen LogP contribution in [0.4, 0.5) is 8.78 Å². The van der Waals surface area contributed by atoms with Crippen molar-refractivity contribution in [3.63, 3.8) is 0 Å². The van der Waals surface area contributed by atoms with Gasteiger partial charge in [0.2, 0.25) is 0 Å². The number of para-hydroxylation sites is 1. The van der Waals surface area contributed by atoms with Crippen LogP contribution in [0.1, 0.15) is 38.0 Å². The first kappa shape index (κ1) is 23.9. The van der Waals surface area contributed by atoms with Crippen molar-refractivity contribution in [1.29, 1.82) is 0 Å². The molecule has 0 aliphatic rings. The molecule has 2 aromatic carbocycles. The fourth-order valence-corrected chi connectivity index (χ4v) is 2.69. The molecule has 0 aliphatic carbocycles. The SMILES string of the molecule is COC(=O)c1ccccc1OC(=O)c1ccc(C(=O)OC(C)C(F)(F)S(=O)(=O)[O-])cc1. The molecular weight excluding hydrogens is 442 g/mol. The van der Waals surface area contributed by atoms with Gasteiger partial charge in [0.25, 0.3) is 0 Å².